The van der Waals surface area contributed by atoms with Crippen molar-refractivity contribution in [1.29, 1.82) is 0 Å². The zero-order chi connectivity index (χ0) is 16.1. The first kappa shape index (κ1) is 16.0. The molecule has 1 saturated heterocycles. The van der Waals surface area contributed by atoms with E-state index in [1.165, 1.54) is 0 Å². The van der Waals surface area contributed by atoms with E-state index < -0.39 is 0 Å². The lowest BCUT2D eigenvalue weighted by molar-refractivity contribution is 0.0621. The van der Waals surface area contributed by atoms with Crippen LogP contribution >= 0.6 is 11.3 Å². The summed E-state index contributed by atoms with van der Waals surface area (Å²) < 4.78 is 0. The van der Waals surface area contributed by atoms with E-state index in [9.17, 15) is 9.90 Å². The number of carbonyl (C=O) groups is 1. The first-order chi connectivity index (χ1) is 11.3. The highest BCUT2D eigenvalue weighted by Crippen LogP contribution is 2.20. The van der Waals surface area contributed by atoms with E-state index in [-0.39, 0.29) is 18.4 Å². The molecule has 1 aromatic carbocycles. The summed E-state index contributed by atoms with van der Waals surface area (Å²) in [5.41, 5.74) is 1.61. The van der Waals surface area contributed by atoms with E-state index in [0.29, 0.717) is 18.7 Å². The molecule has 0 aliphatic carbocycles. The molecule has 122 valence electrons. The Morgan fingerprint density at radius 1 is 1.48 bits per heavy atom. The first-order valence-corrected chi connectivity index (χ1v) is 8.76. The second-order valence-electron chi connectivity index (χ2n) is 5.80. The number of hydrogen-bond donors (Lipinski definition) is 2. The smallest absolute Gasteiger partial charge is 0.253 e. The largest absolute Gasteiger partial charge is 0.396 e. The van der Waals surface area contributed by atoms with Crippen molar-refractivity contribution in [3.63, 3.8) is 0 Å². The number of rotatable bonds is 5. The van der Waals surface area contributed by atoms with Gasteiger partial charge in [0.15, 0.2) is 0 Å². The predicted octanol–water partition coefficient (Wildman–Crippen LogP) is 2.60. The molecule has 0 bridgehead atoms. The normalized spacial score (nSPS) is 18.0. The minimum atomic E-state index is 0.0426. The van der Waals surface area contributed by atoms with E-state index >= 15 is 0 Å². The second kappa shape index (κ2) is 7.57. The summed E-state index contributed by atoms with van der Waals surface area (Å²) in [6.45, 7) is 2.23. The van der Waals surface area contributed by atoms with Gasteiger partial charge in [-0.3, -0.25) is 4.79 Å². The fourth-order valence-electron chi connectivity index (χ4n) is 2.86. The molecule has 0 saturated carbocycles. The molecule has 1 aliphatic heterocycles. The molecule has 2 heterocycles. The van der Waals surface area contributed by atoms with Gasteiger partial charge in [0.2, 0.25) is 0 Å². The number of amides is 1. The van der Waals surface area contributed by atoms with Crippen LogP contribution in [0.25, 0.3) is 0 Å². The minimum Gasteiger partial charge on any atom is -0.396 e. The third-order valence-corrected chi connectivity index (χ3v) is 4.88. The Morgan fingerprint density at radius 3 is 3.17 bits per heavy atom. The lowest BCUT2D eigenvalue weighted by atomic mass is 9.98. The molecule has 1 atom stereocenters. The van der Waals surface area contributed by atoms with Gasteiger partial charge in [0, 0.05) is 42.5 Å². The summed E-state index contributed by atoms with van der Waals surface area (Å²) in [4.78, 5) is 18.7. The van der Waals surface area contributed by atoms with E-state index in [4.69, 9.17) is 0 Å². The highest BCUT2D eigenvalue weighted by molar-refractivity contribution is 7.09. The molecular weight excluding hydrogens is 310 g/mol. The second-order valence-corrected chi connectivity index (χ2v) is 6.78. The first-order valence-electron chi connectivity index (χ1n) is 7.88. The quantitative estimate of drug-likeness (QED) is 0.884. The molecule has 6 heteroatoms. The van der Waals surface area contributed by atoms with Crippen molar-refractivity contribution in [2.75, 3.05) is 25.0 Å². The van der Waals surface area contributed by atoms with Crippen molar-refractivity contribution in [3.8, 4) is 0 Å². The van der Waals surface area contributed by atoms with Crippen molar-refractivity contribution in [2.45, 2.75) is 19.4 Å². The van der Waals surface area contributed by atoms with E-state index in [1.54, 1.807) is 17.5 Å². The molecule has 2 N–H and O–H groups in total. The fraction of sp³-hybridized carbons (Fsp3) is 0.412. The zero-order valence-corrected chi connectivity index (χ0v) is 13.8. The van der Waals surface area contributed by atoms with Crippen LogP contribution in [0.5, 0.6) is 0 Å². The molecule has 0 spiro atoms. The number of hydrogen-bond acceptors (Lipinski definition) is 5. The van der Waals surface area contributed by atoms with Crippen molar-refractivity contribution in [2.24, 2.45) is 5.92 Å². The number of nitrogens with one attached hydrogen (secondary N) is 1. The highest BCUT2D eigenvalue weighted by atomic mass is 32.1. The van der Waals surface area contributed by atoms with Crippen molar-refractivity contribution < 1.29 is 9.90 Å². The molecule has 5 nitrogen and oxygen atoms in total. The van der Waals surface area contributed by atoms with Crippen LogP contribution < -0.4 is 5.32 Å². The van der Waals surface area contributed by atoms with Gasteiger partial charge in [-0.1, -0.05) is 6.07 Å². The Hall–Kier alpha value is -1.92. The monoisotopic (exact) mass is 331 g/mol. The molecule has 3 rings (SSSR count). The molecule has 1 fully saturated rings. The highest BCUT2D eigenvalue weighted by Gasteiger charge is 2.24. The van der Waals surface area contributed by atoms with Crippen LogP contribution in [0.1, 0.15) is 28.2 Å². The molecular formula is C17H21N3O2S. The van der Waals surface area contributed by atoms with Gasteiger partial charge in [0.25, 0.3) is 5.91 Å². The van der Waals surface area contributed by atoms with Crippen LogP contribution in [-0.2, 0) is 6.54 Å². The number of aromatic nitrogens is 1. The average Bonchev–Trinajstić information content (AvgIpc) is 3.13. The number of piperidine rings is 1. The molecule has 1 aromatic heterocycles. The van der Waals surface area contributed by atoms with Crippen LogP contribution in [-0.4, -0.2) is 40.6 Å². The van der Waals surface area contributed by atoms with Crippen LogP contribution in [0.2, 0.25) is 0 Å². The van der Waals surface area contributed by atoms with Gasteiger partial charge in [0.1, 0.15) is 5.01 Å². The average molecular weight is 331 g/mol. The minimum absolute atomic E-state index is 0.0426. The number of aliphatic hydroxyl groups excluding tert-OH is 1. The fourth-order valence-corrected chi connectivity index (χ4v) is 3.42. The standard InChI is InChI=1S/C17H21N3O2S/c21-12-13-3-2-7-20(11-13)17(22)14-4-1-5-15(9-14)19-10-16-18-6-8-23-16/h1,4-6,8-9,13,19,21H,2-3,7,10-12H2. The van der Waals surface area contributed by atoms with Gasteiger partial charge in [0.05, 0.1) is 6.54 Å². The van der Waals surface area contributed by atoms with Crippen molar-refractivity contribution >= 4 is 22.9 Å². The van der Waals surface area contributed by atoms with Crippen molar-refractivity contribution in [1.82, 2.24) is 9.88 Å². The molecule has 23 heavy (non-hydrogen) atoms. The summed E-state index contributed by atoms with van der Waals surface area (Å²) in [5.74, 6) is 0.250. The summed E-state index contributed by atoms with van der Waals surface area (Å²) in [5, 5.41) is 15.6. The van der Waals surface area contributed by atoms with Gasteiger partial charge in [-0.05, 0) is 37.0 Å². The van der Waals surface area contributed by atoms with E-state index in [0.717, 1.165) is 30.1 Å². The number of aliphatic hydroxyl groups is 1. The van der Waals surface area contributed by atoms with Gasteiger partial charge in [-0.2, -0.15) is 0 Å². The van der Waals surface area contributed by atoms with Crippen LogP contribution in [0.15, 0.2) is 35.8 Å². The number of nitrogens with zero attached hydrogens (tertiary/aromatic N) is 2. The van der Waals surface area contributed by atoms with E-state index in [2.05, 4.69) is 10.3 Å². The van der Waals surface area contributed by atoms with Crippen LogP contribution in [0, 0.1) is 5.92 Å². The van der Waals surface area contributed by atoms with Crippen molar-refractivity contribution in [3.05, 3.63) is 46.4 Å². The SMILES string of the molecule is O=C(c1cccc(NCc2nccs2)c1)N1CCCC(CO)C1. The molecule has 1 unspecified atom stereocenters. The zero-order valence-electron chi connectivity index (χ0n) is 12.9. The lowest BCUT2D eigenvalue weighted by Crippen LogP contribution is -2.40. The van der Waals surface area contributed by atoms with Gasteiger partial charge in [-0.15, -0.1) is 11.3 Å². The van der Waals surface area contributed by atoms with Gasteiger partial charge < -0.3 is 15.3 Å². The maximum absolute atomic E-state index is 12.7. The Balaban J connectivity index is 1.65. The molecule has 1 aliphatic rings. The van der Waals surface area contributed by atoms with Crippen LogP contribution in [0.3, 0.4) is 0 Å². The summed E-state index contributed by atoms with van der Waals surface area (Å²) in [6.07, 6.45) is 3.74. The lowest BCUT2D eigenvalue weighted by Gasteiger charge is -2.32. The number of anilines is 1. The summed E-state index contributed by atoms with van der Waals surface area (Å²) in [6, 6.07) is 7.58. The third-order valence-electron chi connectivity index (χ3n) is 4.10. The maximum atomic E-state index is 12.7. The van der Waals surface area contributed by atoms with Gasteiger partial charge in [-0.25, -0.2) is 4.98 Å². The number of likely N-dealkylation sites (tertiary alicyclic amines) is 1. The van der Waals surface area contributed by atoms with Gasteiger partial charge >= 0.3 is 0 Å². The molecule has 2 aromatic rings. The Morgan fingerprint density at radius 2 is 2.39 bits per heavy atom. The maximum Gasteiger partial charge on any atom is 0.253 e. The summed E-state index contributed by atoms with van der Waals surface area (Å²) >= 11 is 1.61. The Bertz CT molecular complexity index is 645. The van der Waals surface area contributed by atoms with E-state index in [1.807, 2.05) is 34.5 Å². The number of thiazole rings is 1. The summed E-state index contributed by atoms with van der Waals surface area (Å²) in [7, 11) is 0. The Kier molecular flexibility index (Phi) is 5.25. The Labute approximate surface area is 140 Å². The molecule has 0 radical (unpaired) electrons. The topological polar surface area (TPSA) is 65.5 Å². The predicted molar refractivity (Wildman–Crippen MR) is 91.6 cm³/mol. The van der Waals surface area contributed by atoms with Crippen LogP contribution in [0.4, 0.5) is 5.69 Å². The molecule has 1 amide bonds. The number of benzene rings is 1. The third kappa shape index (κ3) is 4.09. The number of carbonyl (C=O) groups excluding carboxylic acids is 1.